The number of thiazole rings is 1. The van der Waals surface area contributed by atoms with Crippen molar-refractivity contribution in [1.29, 1.82) is 0 Å². The average Bonchev–Trinajstić information content (AvgIpc) is 3.35. The molecular formula is C17H13N7O3S. The fourth-order valence-corrected chi connectivity index (χ4v) is 3.60. The summed E-state index contributed by atoms with van der Waals surface area (Å²) in [5, 5.41) is 15.4. The maximum Gasteiger partial charge on any atom is 0.270 e. The number of nitro benzene ring substituents is 1. The average molecular weight is 395 g/mol. The summed E-state index contributed by atoms with van der Waals surface area (Å²) < 4.78 is 2.05. The largest absolute Gasteiger partial charge is 0.280 e. The highest BCUT2D eigenvalue weighted by atomic mass is 32.1. The second-order valence-corrected chi connectivity index (χ2v) is 6.81. The first-order valence-electron chi connectivity index (χ1n) is 8.18. The van der Waals surface area contributed by atoms with Gasteiger partial charge in [-0.3, -0.25) is 24.8 Å². The van der Waals surface area contributed by atoms with Crippen molar-refractivity contribution in [3.05, 3.63) is 71.1 Å². The number of carbonyl (C=O) groups is 1. The van der Waals surface area contributed by atoms with E-state index in [9.17, 15) is 14.9 Å². The first kappa shape index (κ1) is 17.7. The number of amides is 1. The number of non-ortho nitro benzene ring substituents is 1. The molecule has 4 aromatic rings. The van der Waals surface area contributed by atoms with Gasteiger partial charge in [-0.2, -0.15) is 5.10 Å². The van der Waals surface area contributed by atoms with Crippen molar-refractivity contribution in [1.82, 2.24) is 24.7 Å². The van der Waals surface area contributed by atoms with E-state index in [-0.39, 0.29) is 24.7 Å². The summed E-state index contributed by atoms with van der Waals surface area (Å²) in [5.74, 6) is -0.246. The van der Waals surface area contributed by atoms with Crippen LogP contribution in [0.25, 0.3) is 10.2 Å². The zero-order valence-electron chi connectivity index (χ0n) is 14.4. The molecule has 4 rings (SSSR count). The van der Waals surface area contributed by atoms with Crippen LogP contribution in [0.5, 0.6) is 0 Å². The molecule has 0 aliphatic carbocycles. The van der Waals surface area contributed by atoms with Gasteiger partial charge in [-0.1, -0.05) is 17.4 Å². The lowest BCUT2D eigenvalue weighted by atomic mass is 10.3. The van der Waals surface area contributed by atoms with Gasteiger partial charge >= 0.3 is 0 Å². The molecule has 10 nitrogen and oxygen atoms in total. The molecule has 0 saturated carbocycles. The SMILES string of the molecule is O=C(Cn1cncn1)N(Cc1ccccn1)c1nc2ccc([N+](=O)[O-])cc2s1. The molecule has 0 unspecified atom stereocenters. The van der Waals surface area contributed by atoms with Crippen LogP contribution in [0.1, 0.15) is 5.69 Å². The summed E-state index contributed by atoms with van der Waals surface area (Å²) in [5.41, 5.74) is 1.26. The standard InChI is InChI=1S/C17H13N7O3S/c25-16(9-22-11-18-10-20-22)23(8-12-3-1-2-6-19-12)17-21-14-5-4-13(24(26)27)7-15(14)28-17/h1-7,10-11H,8-9H2. The number of nitro groups is 1. The molecule has 0 fully saturated rings. The number of nitrogens with zero attached hydrogens (tertiary/aromatic N) is 7. The Bertz CT molecular complexity index is 1130. The van der Waals surface area contributed by atoms with Gasteiger partial charge in [-0.15, -0.1) is 0 Å². The molecule has 11 heteroatoms. The smallest absolute Gasteiger partial charge is 0.270 e. The number of fused-ring (bicyclic) bond motifs is 1. The van der Waals surface area contributed by atoms with Crippen LogP contribution in [0.15, 0.2) is 55.2 Å². The van der Waals surface area contributed by atoms with Gasteiger partial charge in [0.2, 0.25) is 0 Å². The zero-order chi connectivity index (χ0) is 19.5. The van der Waals surface area contributed by atoms with Crippen LogP contribution in [0.4, 0.5) is 10.8 Å². The number of pyridine rings is 1. The highest BCUT2D eigenvalue weighted by molar-refractivity contribution is 7.22. The highest BCUT2D eigenvalue weighted by Crippen LogP contribution is 2.32. The van der Waals surface area contributed by atoms with Crippen LogP contribution in [0.2, 0.25) is 0 Å². The van der Waals surface area contributed by atoms with E-state index in [0.717, 1.165) is 0 Å². The molecule has 1 aromatic carbocycles. The predicted octanol–water partition coefficient (Wildman–Crippen LogP) is 2.42. The van der Waals surface area contributed by atoms with Crippen molar-refractivity contribution >= 4 is 38.3 Å². The van der Waals surface area contributed by atoms with E-state index in [1.807, 2.05) is 12.1 Å². The maximum absolute atomic E-state index is 12.9. The Kier molecular flexibility index (Phi) is 4.72. The van der Waals surface area contributed by atoms with E-state index in [1.54, 1.807) is 18.3 Å². The van der Waals surface area contributed by atoms with Crippen LogP contribution in [-0.4, -0.2) is 35.6 Å². The van der Waals surface area contributed by atoms with Gasteiger partial charge in [0.25, 0.3) is 11.6 Å². The summed E-state index contributed by atoms with van der Waals surface area (Å²) >= 11 is 1.21. The van der Waals surface area contributed by atoms with Gasteiger partial charge in [0.1, 0.15) is 19.2 Å². The number of hydrogen-bond acceptors (Lipinski definition) is 8. The van der Waals surface area contributed by atoms with Crippen LogP contribution in [0, 0.1) is 10.1 Å². The summed E-state index contributed by atoms with van der Waals surface area (Å²) in [7, 11) is 0. The number of aromatic nitrogens is 5. The van der Waals surface area contributed by atoms with Crippen molar-refractivity contribution in [3.63, 3.8) is 0 Å². The number of carbonyl (C=O) groups excluding carboxylic acids is 1. The quantitative estimate of drug-likeness (QED) is 0.363. The Morgan fingerprint density at radius 3 is 2.89 bits per heavy atom. The van der Waals surface area contributed by atoms with E-state index in [2.05, 4.69) is 20.1 Å². The molecule has 0 aliphatic heterocycles. The lowest BCUT2D eigenvalue weighted by molar-refractivity contribution is -0.384. The Hall–Kier alpha value is -3.73. The van der Waals surface area contributed by atoms with Crippen molar-refractivity contribution in [2.75, 3.05) is 4.90 Å². The lowest BCUT2D eigenvalue weighted by Gasteiger charge is -2.19. The normalized spacial score (nSPS) is 10.9. The Morgan fingerprint density at radius 1 is 1.29 bits per heavy atom. The predicted molar refractivity (Wildman–Crippen MR) is 102 cm³/mol. The van der Waals surface area contributed by atoms with Gasteiger partial charge in [0.05, 0.1) is 27.4 Å². The summed E-state index contributed by atoms with van der Waals surface area (Å²) in [6.45, 7) is 0.208. The molecule has 3 heterocycles. The zero-order valence-corrected chi connectivity index (χ0v) is 15.2. The van der Waals surface area contributed by atoms with Crippen LogP contribution >= 0.6 is 11.3 Å². The first-order chi connectivity index (χ1) is 13.6. The molecule has 0 atom stereocenters. The second-order valence-electron chi connectivity index (χ2n) is 5.80. The number of benzene rings is 1. The van der Waals surface area contributed by atoms with Gasteiger partial charge in [0.15, 0.2) is 5.13 Å². The second kappa shape index (κ2) is 7.48. The van der Waals surface area contributed by atoms with E-state index < -0.39 is 4.92 Å². The molecule has 0 radical (unpaired) electrons. The summed E-state index contributed by atoms with van der Waals surface area (Å²) in [4.78, 5) is 37.6. The van der Waals surface area contributed by atoms with Crippen molar-refractivity contribution in [3.8, 4) is 0 Å². The third-order valence-corrected chi connectivity index (χ3v) is 4.95. The van der Waals surface area contributed by atoms with Crippen LogP contribution < -0.4 is 4.90 Å². The third kappa shape index (κ3) is 3.69. The van der Waals surface area contributed by atoms with Gasteiger partial charge in [0, 0.05) is 18.3 Å². The molecule has 3 aromatic heterocycles. The Morgan fingerprint density at radius 2 is 2.18 bits per heavy atom. The van der Waals surface area contributed by atoms with Gasteiger partial charge in [-0.25, -0.2) is 14.6 Å². The van der Waals surface area contributed by atoms with Gasteiger partial charge < -0.3 is 0 Å². The van der Waals surface area contributed by atoms with E-state index in [1.165, 1.54) is 45.7 Å². The fraction of sp³-hybridized carbons (Fsp3) is 0.118. The van der Waals surface area contributed by atoms with E-state index >= 15 is 0 Å². The Labute approximate surface area is 162 Å². The molecule has 0 N–H and O–H groups in total. The Balaban J connectivity index is 1.70. The fourth-order valence-electron chi connectivity index (χ4n) is 2.58. The van der Waals surface area contributed by atoms with Crippen molar-refractivity contribution in [2.24, 2.45) is 0 Å². The van der Waals surface area contributed by atoms with Crippen molar-refractivity contribution < 1.29 is 9.72 Å². The summed E-state index contributed by atoms with van der Waals surface area (Å²) in [6, 6.07) is 9.87. The lowest BCUT2D eigenvalue weighted by Crippen LogP contribution is -2.33. The number of anilines is 1. The molecule has 0 bridgehead atoms. The molecule has 140 valence electrons. The number of rotatable bonds is 6. The minimum Gasteiger partial charge on any atom is -0.280 e. The molecule has 1 amide bonds. The van der Waals surface area contributed by atoms with Gasteiger partial charge in [-0.05, 0) is 18.2 Å². The molecular weight excluding hydrogens is 382 g/mol. The van der Waals surface area contributed by atoms with Crippen molar-refractivity contribution in [2.45, 2.75) is 13.1 Å². The third-order valence-electron chi connectivity index (χ3n) is 3.91. The van der Waals surface area contributed by atoms with E-state index in [0.29, 0.717) is 21.0 Å². The minimum atomic E-state index is -0.458. The van der Waals surface area contributed by atoms with Crippen LogP contribution in [0.3, 0.4) is 0 Å². The number of hydrogen-bond donors (Lipinski definition) is 0. The van der Waals surface area contributed by atoms with E-state index in [4.69, 9.17) is 0 Å². The highest BCUT2D eigenvalue weighted by Gasteiger charge is 2.22. The van der Waals surface area contributed by atoms with Crippen LogP contribution in [-0.2, 0) is 17.9 Å². The maximum atomic E-state index is 12.9. The first-order valence-corrected chi connectivity index (χ1v) is 8.99. The molecule has 0 spiro atoms. The molecule has 28 heavy (non-hydrogen) atoms. The minimum absolute atomic E-state index is 0.0110. The monoisotopic (exact) mass is 395 g/mol. The molecule has 0 saturated heterocycles. The summed E-state index contributed by atoms with van der Waals surface area (Å²) in [6.07, 6.45) is 4.46. The molecule has 0 aliphatic rings. The topological polar surface area (TPSA) is 120 Å².